The minimum atomic E-state index is -4.46. The van der Waals surface area contributed by atoms with Crippen LogP contribution in [0, 0.1) is 0 Å². The van der Waals surface area contributed by atoms with Crippen LogP contribution in [0.3, 0.4) is 0 Å². The van der Waals surface area contributed by atoms with Crippen LogP contribution in [0.25, 0.3) is 0 Å². The molecule has 0 aromatic rings. The molecule has 0 saturated carbocycles. The summed E-state index contributed by atoms with van der Waals surface area (Å²) in [6, 6.07) is -0.0258. The van der Waals surface area contributed by atoms with Gasteiger partial charge in [-0.05, 0) is 59.2 Å². The maximum atomic E-state index is 13.6. The Kier molecular flexibility index (Phi) is 29.0. The maximum absolute atomic E-state index is 13.6. The molecule has 1 fully saturated rings. The molecule has 0 aromatic carbocycles. The second-order valence-corrected chi connectivity index (χ2v) is 15.1. The summed E-state index contributed by atoms with van der Waals surface area (Å²) in [4.78, 5) is 47.7. The van der Waals surface area contributed by atoms with Gasteiger partial charge in [-0.15, -0.1) is 0 Å². The second-order valence-electron chi connectivity index (χ2n) is 13.9. The van der Waals surface area contributed by atoms with E-state index in [1.807, 2.05) is 21.0 Å². The van der Waals surface area contributed by atoms with Gasteiger partial charge in [-0.3, -0.25) is 24.3 Å². The fourth-order valence-electron chi connectivity index (χ4n) is 6.08. The number of unbranched alkanes of at least 4 members (excludes halogenated alkanes) is 6. The molecular weight excluding hydrogens is 709 g/mol. The number of rotatable bonds is 36. The van der Waals surface area contributed by atoms with Gasteiger partial charge in [-0.2, -0.15) is 0 Å². The highest BCUT2D eigenvalue weighted by atomic mass is 31.2. The predicted octanol–water partition coefficient (Wildman–Crippen LogP) is 3.01. The summed E-state index contributed by atoms with van der Waals surface area (Å²) in [5, 5.41) is 9.07. The lowest BCUT2D eigenvalue weighted by molar-refractivity contribution is -0.150. The molecule has 314 valence electrons. The predicted molar refractivity (Wildman–Crippen MR) is 204 cm³/mol. The summed E-state index contributed by atoms with van der Waals surface area (Å²) in [7, 11) is 2.69. The van der Waals surface area contributed by atoms with E-state index < -0.39 is 13.4 Å². The van der Waals surface area contributed by atoms with Crippen LogP contribution in [0.2, 0.25) is 0 Å². The fourth-order valence-corrected chi connectivity index (χ4v) is 6.44. The van der Waals surface area contributed by atoms with Crippen molar-refractivity contribution >= 4 is 19.6 Å². The highest BCUT2D eigenvalue weighted by molar-refractivity contribution is 7.46. The molecule has 53 heavy (non-hydrogen) atoms. The van der Waals surface area contributed by atoms with Crippen LogP contribution in [-0.2, 0) is 42.4 Å². The van der Waals surface area contributed by atoms with E-state index in [1.54, 1.807) is 19.1 Å². The van der Waals surface area contributed by atoms with Crippen LogP contribution >= 0.6 is 7.82 Å². The molecule has 3 unspecified atom stereocenters. The van der Waals surface area contributed by atoms with Gasteiger partial charge < -0.3 is 49.0 Å². The van der Waals surface area contributed by atoms with Gasteiger partial charge in [0.1, 0.15) is 11.8 Å². The molecule has 0 aliphatic carbocycles. The topological polar surface area (TPSA) is 190 Å². The summed E-state index contributed by atoms with van der Waals surface area (Å²) in [6.07, 6.45) is 11.6. The first-order valence-corrected chi connectivity index (χ1v) is 21.2. The smallest absolute Gasteiger partial charge is 0.379 e. The van der Waals surface area contributed by atoms with Gasteiger partial charge in [0.25, 0.3) is 0 Å². The first-order chi connectivity index (χ1) is 25.5. The third-order valence-electron chi connectivity index (χ3n) is 9.45. The number of hydrogen-bond donors (Lipinski definition) is 5. The van der Waals surface area contributed by atoms with E-state index >= 15 is 0 Å². The Morgan fingerprint density at radius 1 is 0.887 bits per heavy atom. The molecule has 5 N–H and O–H groups in total. The lowest BCUT2D eigenvalue weighted by Gasteiger charge is -2.41. The average molecular weight is 784 g/mol. The lowest BCUT2D eigenvalue weighted by Crippen LogP contribution is -2.59. The van der Waals surface area contributed by atoms with E-state index in [0.29, 0.717) is 45.9 Å². The van der Waals surface area contributed by atoms with Crippen LogP contribution in [0.1, 0.15) is 96.8 Å². The summed E-state index contributed by atoms with van der Waals surface area (Å²) < 4.78 is 45.2. The van der Waals surface area contributed by atoms with Crippen LogP contribution in [0.4, 0.5) is 0 Å². The van der Waals surface area contributed by atoms with E-state index in [4.69, 9.17) is 33.5 Å². The Hall–Kier alpha value is -1.27. The van der Waals surface area contributed by atoms with E-state index in [-0.39, 0.29) is 63.5 Å². The van der Waals surface area contributed by atoms with Crippen LogP contribution in [-0.4, -0.2) is 157 Å². The molecule has 1 aliphatic rings. The highest BCUT2D eigenvalue weighted by Gasteiger charge is 2.39. The van der Waals surface area contributed by atoms with Crippen molar-refractivity contribution in [3.63, 3.8) is 0 Å². The number of carbonyl (C=O) groups excluding carboxylic acids is 2. The molecule has 0 spiro atoms. The van der Waals surface area contributed by atoms with Gasteiger partial charge in [0.05, 0.1) is 46.4 Å². The average Bonchev–Trinajstić information content (AvgIpc) is 3.59. The molecule has 0 bridgehead atoms. The van der Waals surface area contributed by atoms with E-state index in [2.05, 4.69) is 25.4 Å². The first kappa shape index (κ1) is 49.7. The van der Waals surface area contributed by atoms with Crippen molar-refractivity contribution in [1.29, 1.82) is 0 Å². The third kappa shape index (κ3) is 24.1. The minimum absolute atomic E-state index is 0.00949. The van der Waals surface area contributed by atoms with Crippen molar-refractivity contribution in [2.75, 3.05) is 107 Å². The van der Waals surface area contributed by atoms with Crippen molar-refractivity contribution in [1.82, 2.24) is 25.8 Å². The first-order valence-electron chi connectivity index (χ1n) is 19.6. The molecular formula is C36H74N5O11P. The number of likely N-dealkylation sites (N-methyl/N-ethyl adjacent to an activating group) is 1. The number of carbonyl (C=O) groups is 2. The van der Waals surface area contributed by atoms with Gasteiger partial charge in [-0.25, -0.2) is 4.57 Å². The normalized spacial score (nSPS) is 16.8. The molecule has 2 amide bonds. The summed E-state index contributed by atoms with van der Waals surface area (Å²) in [5.41, 5.74) is -0.855. The van der Waals surface area contributed by atoms with Gasteiger partial charge in [0.15, 0.2) is 0 Å². The van der Waals surface area contributed by atoms with E-state index in [9.17, 15) is 14.2 Å². The number of amides is 2. The molecule has 17 heteroatoms. The molecule has 1 heterocycles. The number of phosphoric acid groups is 1. The number of nitrogens with one attached hydrogen (secondary N) is 3. The van der Waals surface area contributed by atoms with Crippen LogP contribution < -0.4 is 16.0 Å². The summed E-state index contributed by atoms with van der Waals surface area (Å²) in [6.45, 7) is 7.28. The second kappa shape index (κ2) is 30.9. The Labute approximate surface area is 319 Å². The molecule has 0 radical (unpaired) electrons. The van der Waals surface area contributed by atoms with Crippen molar-refractivity contribution in [3.05, 3.63) is 0 Å². The van der Waals surface area contributed by atoms with Crippen LogP contribution in [0.5, 0.6) is 0 Å². The number of phosphoric ester groups is 1. The maximum Gasteiger partial charge on any atom is 0.469 e. The SMILES string of the molecule is CCCOCC(COCCC(=O)NCCCNC)(COCCC(NC)OC)N(C)C(=O)CCCCCCCCCOCN1CCCC1COP(=O)(O)O. The Bertz CT molecular complexity index is 978. The molecule has 1 rings (SSSR count). The van der Waals surface area contributed by atoms with Gasteiger partial charge in [0.2, 0.25) is 11.8 Å². The Morgan fingerprint density at radius 3 is 2.19 bits per heavy atom. The zero-order chi connectivity index (χ0) is 39.2. The van der Waals surface area contributed by atoms with Crippen molar-refractivity contribution < 1.29 is 52.1 Å². The van der Waals surface area contributed by atoms with Crippen molar-refractivity contribution in [3.8, 4) is 0 Å². The highest BCUT2D eigenvalue weighted by Crippen LogP contribution is 2.37. The van der Waals surface area contributed by atoms with Crippen LogP contribution in [0.15, 0.2) is 0 Å². The minimum Gasteiger partial charge on any atom is -0.379 e. The monoisotopic (exact) mass is 784 g/mol. The molecule has 0 aromatic heterocycles. The van der Waals surface area contributed by atoms with Gasteiger partial charge in [-0.1, -0.05) is 39.0 Å². The molecule has 3 atom stereocenters. The number of ether oxygens (including phenoxy) is 5. The summed E-state index contributed by atoms with van der Waals surface area (Å²) in [5.74, 6) is -0.0575. The standard InChI is InChI=1S/C36H74N5O11P/c1-6-23-48-28-36(30-50-26-19-34(38-3)47-5,29-49-25-18-33(42)39-21-15-20-37-2)40(4)35(43)17-12-10-8-7-9-11-13-24-51-31-41-22-14-16-32(41)27-52-53(44,45)46/h32,34,37-38H,6-31H2,1-5H3,(H,39,42)(H2,44,45,46). The quantitative estimate of drug-likeness (QED) is 0.0354. The van der Waals surface area contributed by atoms with E-state index in [0.717, 1.165) is 83.7 Å². The lowest BCUT2D eigenvalue weighted by atomic mass is 9.99. The summed E-state index contributed by atoms with van der Waals surface area (Å²) >= 11 is 0. The zero-order valence-electron chi connectivity index (χ0n) is 33.4. The number of methoxy groups -OCH3 is 1. The van der Waals surface area contributed by atoms with Gasteiger partial charge in [0, 0.05) is 65.8 Å². The van der Waals surface area contributed by atoms with Gasteiger partial charge >= 0.3 is 7.82 Å². The van der Waals surface area contributed by atoms with Crippen molar-refractivity contribution in [2.45, 2.75) is 115 Å². The number of nitrogens with zero attached hydrogens (tertiary/aromatic N) is 2. The number of hydrogen-bond acceptors (Lipinski definition) is 12. The Balaban J connectivity index is 2.52. The molecule has 16 nitrogen and oxygen atoms in total. The van der Waals surface area contributed by atoms with Crippen molar-refractivity contribution in [2.24, 2.45) is 0 Å². The number of likely N-dealkylation sites (tertiary alicyclic amines) is 1. The zero-order valence-corrected chi connectivity index (χ0v) is 34.3. The Morgan fingerprint density at radius 2 is 1.55 bits per heavy atom. The fraction of sp³-hybridized carbons (Fsp3) is 0.944. The van der Waals surface area contributed by atoms with E-state index in [1.165, 1.54) is 0 Å². The third-order valence-corrected chi connectivity index (χ3v) is 9.93. The largest absolute Gasteiger partial charge is 0.469 e. The molecule has 1 aliphatic heterocycles. The molecule has 1 saturated heterocycles.